The van der Waals surface area contributed by atoms with Crippen molar-refractivity contribution < 1.29 is 15.0 Å². The molecule has 1 aromatic carbocycles. The number of rotatable bonds is 3. The van der Waals surface area contributed by atoms with Crippen LogP contribution in [-0.2, 0) is 11.2 Å². The van der Waals surface area contributed by atoms with E-state index in [0.717, 1.165) is 18.4 Å². The van der Waals surface area contributed by atoms with Gasteiger partial charge < -0.3 is 15.5 Å². The minimum Gasteiger partial charge on any atom is -0.508 e. The lowest BCUT2D eigenvalue weighted by Crippen LogP contribution is -2.25. The maximum absolute atomic E-state index is 10.4. The zero-order valence-corrected chi connectivity index (χ0v) is 8.23. The molecule has 0 spiro atoms. The SMILES string of the molecule is O=C(O)CNC1CCc2ccc(O)cc21. The predicted octanol–water partition coefficient (Wildman–Crippen LogP) is 1.05. The number of carboxylic acids is 1. The standard InChI is InChI=1S/C11H13NO3/c13-8-3-1-7-2-4-10(9(7)5-8)12-6-11(14)15/h1,3,5,10,12-13H,2,4,6H2,(H,14,15). The molecular formula is C11H13NO3. The van der Waals surface area contributed by atoms with E-state index in [1.165, 1.54) is 5.56 Å². The smallest absolute Gasteiger partial charge is 0.317 e. The molecule has 1 atom stereocenters. The Labute approximate surface area is 87.6 Å². The van der Waals surface area contributed by atoms with Gasteiger partial charge in [-0.25, -0.2) is 0 Å². The van der Waals surface area contributed by atoms with Gasteiger partial charge in [-0.1, -0.05) is 6.07 Å². The number of aromatic hydroxyl groups is 1. The van der Waals surface area contributed by atoms with E-state index in [4.69, 9.17) is 5.11 Å². The van der Waals surface area contributed by atoms with Gasteiger partial charge in [0.1, 0.15) is 5.75 Å². The van der Waals surface area contributed by atoms with Gasteiger partial charge in [0, 0.05) is 6.04 Å². The molecule has 1 unspecified atom stereocenters. The minimum atomic E-state index is -0.858. The predicted molar refractivity (Wildman–Crippen MR) is 54.8 cm³/mol. The third-order valence-corrected chi connectivity index (χ3v) is 2.71. The molecule has 4 heteroatoms. The van der Waals surface area contributed by atoms with Gasteiger partial charge >= 0.3 is 5.97 Å². The molecule has 80 valence electrons. The second kappa shape index (κ2) is 3.90. The van der Waals surface area contributed by atoms with Gasteiger partial charge in [0.25, 0.3) is 0 Å². The molecule has 1 aliphatic rings. The van der Waals surface area contributed by atoms with Crippen LogP contribution >= 0.6 is 0 Å². The summed E-state index contributed by atoms with van der Waals surface area (Å²) in [5.41, 5.74) is 2.21. The zero-order chi connectivity index (χ0) is 10.8. The van der Waals surface area contributed by atoms with E-state index in [9.17, 15) is 9.90 Å². The van der Waals surface area contributed by atoms with Crippen molar-refractivity contribution in [3.63, 3.8) is 0 Å². The van der Waals surface area contributed by atoms with Gasteiger partial charge in [0.2, 0.25) is 0 Å². The molecular weight excluding hydrogens is 194 g/mol. The highest BCUT2D eigenvalue weighted by atomic mass is 16.4. The average Bonchev–Trinajstić information content (AvgIpc) is 2.57. The number of aliphatic carboxylic acids is 1. The van der Waals surface area contributed by atoms with Gasteiger partial charge in [-0.3, -0.25) is 4.79 Å². The van der Waals surface area contributed by atoms with Crippen molar-refractivity contribution in [3.8, 4) is 5.75 Å². The first-order valence-corrected chi connectivity index (χ1v) is 4.94. The Balaban J connectivity index is 2.13. The van der Waals surface area contributed by atoms with Crippen LogP contribution in [-0.4, -0.2) is 22.7 Å². The molecule has 0 saturated carbocycles. The number of aryl methyl sites for hydroxylation is 1. The maximum Gasteiger partial charge on any atom is 0.317 e. The number of nitrogens with one attached hydrogen (secondary N) is 1. The molecule has 0 amide bonds. The first-order valence-electron chi connectivity index (χ1n) is 4.94. The molecule has 2 rings (SSSR count). The highest BCUT2D eigenvalue weighted by molar-refractivity contribution is 5.69. The van der Waals surface area contributed by atoms with Gasteiger partial charge in [0.05, 0.1) is 6.54 Å². The Kier molecular flexibility index (Phi) is 2.60. The van der Waals surface area contributed by atoms with Crippen molar-refractivity contribution in [2.45, 2.75) is 18.9 Å². The molecule has 0 aliphatic heterocycles. The third-order valence-electron chi connectivity index (χ3n) is 2.71. The number of hydrogen-bond acceptors (Lipinski definition) is 3. The first kappa shape index (κ1) is 9.98. The Morgan fingerprint density at radius 3 is 3.07 bits per heavy atom. The number of hydrogen-bond donors (Lipinski definition) is 3. The average molecular weight is 207 g/mol. The normalized spacial score (nSPS) is 18.8. The summed E-state index contributed by atoms with van der Waals surface area (Å²) >= 11 is 0. The van der Waals surface area contributed by atoms with Crippen LogP contribution in [0.15, 0.2) is 18.2 Å². The summed E-state index contributed by atoms with van der Waals surface area (Å²) in [7, 11) is 0. The molecule has 0 fully saturated rings. The Bertz CT molecular complexity index is 389. The summed E-state index contributed by atoms with van der Waals surface area (Å²) in [5.74, 6) is -0.624. The molecule has 0 aromatic heterocycles. The largest absolute Gasteiger partial charge is 0.508 e. The zero-order valence-electron chi connectivity index (χ0n) is 8.23. The van der Waals surface area contributed by atoms with Crippen LogP contribution in [0.3, 0.4) is 0 Å². The highest BCUT2D eigenvalue weighted by Crippen LogP contribution is 2.33. The van der Waals surface area contributed by atoms with Crippen LogP contribution < -0.4 is 5.32 Å². The van der Waals surface area contributed by atoms with Crippen molar-refractivity contribution in [1.82, 2.24) is 5.32 Å². The number of fused-ring (bicyclic) bond motifs is 1. The van der Waals surface area contributed by atoms with Gasteiger partial charge in [-0.05, 0) is 36.1 Å². The molecule has 1 aromatic rings. The molecule has 1 aliphatic carbocycles. The molecule has 15 heavy (non-hydrogen) atoms. The topological polar surface area (TPSA) is 69.6 Å². The van der Waals surface area contributed by atoms with Gasteiger partial charge in [0.15, 0.2) is 0 Å². The number of benzene rings is 1. The fraction of sp³-hybridized carbons (Fsp3) is 0.364. The van der Waals surface area contributed by atoms with Crippen LogP contribution in [0.25, 0.3) is 0 Å². The summed E-state index contributed by atoms with van der Waals surface area (Å²) in [6.07, 6.45) is 1.83. The molecule has 0 heterocycles. The van der Waals surface area contributed by atoms with E-state index in [1.54, 1.807) is 12.1 Å². The molecule has 4 nitrogen and oxygen atoms in total. The van der Waals surface area contributed by atoms with E-state index >= 15 is 0 Å². The quantitative estimate of drug-likeness (QED) is 0.693. The summed E-state index contributed by atoms with van der Waals surface area (Å²) in [6.45, 7) is -0.0419. The van der Waals surface area contributed by atoms with E-state index < -0.39 is 5.97 Å². The maximum atomic E-state index is 10.4. The summed E-state index contributed by atoms with van der Waals surface area (Å²) in [4.78, 5) is 10.4. The summed E-state index contributed by atoms with van der Waals surface area (Å²) in [5, 5.41) is 20.9. The van der Waals surface area contributed by atoms with Gasteiger partial charge in [-0.2, -0.15) is 0 Å². The lowest BCUT2D eigenvalue weighted by atomic mass is 10.1. The lowest BCUT2D eigenvalue weighted by Gasteiger charge is -2.12. The lowest BCUT2D eigenvalue weighted by molar-refractivity contribution is -0.136. The second-order valence-corrected chi connectivity index (χ2v) is 3.75. The Morgan fingerprint density at radius 1 is 1.53 bits per heavy atom. The number of carboxylic acid groups (broad SMARTS) is 1. The number of phenolic OH excluding ortho intramolecular Hbond substituents is 1. The summed E-state index contributed by atoms with van der Waals surface area (Å²) in [6, 6.07) is 5.33. The van der Waals surface area contributed by atoms with Crippen LogP contribution in [0.2, 0.25) is 0 Å². The van der Waals surface area contributed by atoms with Crippen molar-refractivity contribution in [3.05, 3.63) is 29.3 Å². The van der Waals surface area contributed by atoms with Crippen LogP contribution in [0.5, 0.6) is 5.75 Å². The Morgan fingerprint density at radius 2 is 2.33 bits per heavy atom. The first-order chi connectivity index (χ1) is 7.16. The highest BCUT2D eigenvalue weighted by Gasteiger charge is 2.22. The van der Waals surface area contributed by atoms with Gasteiger partial charge in [-0.15, -0.1) is 0 Å². The minimum absolute atomic E-state index is 0.0419. The fourth-order valence-electron chi connectivity index (χ4n) is 2.01. The molecule has 0 bridgehead atoms. The van der Waals surface area contributed by atoms with E-state index in [-0.39, 0.29) is 18.3 Å². The Hall–Kier alpha value is -1.55. The van der Waals surface area contributed by atoms with Crippen molar-refractivity contribution >= 4 is 5.97 Å². The molecule has 0 saturated heterocycles. The van der Waals surface area contributed by atoms with Crippen molar-refractivity contribution in [2.75, 3.05) is 6.54 Å². The van der Waals surface area contributed by atoms with Crippen LogP contribution in [0, 0.1) is 0 Å². The fourth-order valence-corrected chi connectivity index (χ4v) is 2.01. The van der Waals surface area contributed by atoms with E-state index in [0.29, 0.717) is 0 Å². The number of phenols is 1. The van der Waals surface area contributed by atoms with E-state index in [1.807, 2.05) is 6.07 Å². The monoisotopic (exact) mass is 207 g/mol. The third kappa shape index (κ3) is 2.10. The van der Waals surface area contributed by atoms with Crippen molar-refractivity contribution in [1.29, 1.82) is 0 Å². The summed E-state index contributed by atoms with van der Waals surface area (Å²) < 4.78 is 0. The van der Waals surface area contributed by atoms with Crippen molar-refractivity contribution in [2.24, 2.45) is 0 Å². The van der Waals surface area contributed by atoms with E-state index in [2.05, 4.69) is 5.32 Å². The van der Waals surface area contributed by atoms with Crippen LogP contribution in [0.1, 0.15) is 23.6 Å². The van der Waals surface area contributed by atoms with Crippen LogP contribution in [0.4, 0.5) is 0 Å². The molecule has 3 N–H and O–H groups in total. The molecule has 0 radical (unpaired) electrons. The number of carbonyl (C=O) groups is 1. The second-order valence-electron chi connectivity index (χ2n) is 3.75.